The molecule has 0 aromatic rings. The van der Waals surface area contributed by atoms with Gasteiger partial charge in [0.25, 0.3) is 0 Å². The van der Waals surface area contributed by atoms with Crippen molar-refractivity contribution in [2.75, 3.05) is 13.1 Å². The average molecular weight is 262 g/mol. The summed E-state index contributed by atoms with van der Waals surface area (Å²) in [6.07, 6.45) is 1.67. The molecular formula is C12H20F2N2O2. The lowest BCUT2D eigenvalue weighted by atomic mass is 9.89. The molecule has 1 aliphatic carbocycles. The van der Waals surface area contributed by atoms with E-state index in [1.54, 1.807) is 0 Å². The van der Waals surface area contributed by atoms with Crippen LogP contribution in [0.4, 0.5) is 13.6 Å². The molecule has 1 saturated carbocycles. The molecule has 2 aliphatic rings. The summed E-state index contributed by atoms with van der Waals surface area (Å²) >= 11 is 0. The molecule has 104 valence electrons. The number of carboxylic acid groups (broad SMARTS) is 1. The number of hydrogen-bond acceptors (Lipinski definition) is 2. The van der Waals surface area contributed by atoms with Crippen molar-refractivity contribution in [1.29, 1.82) is 0 Å². The summed E-state index contributed by atoms with van der Waals surface area (Å²) in [6.45, 7) is 1.61. The first-order valence-corrected chi connectivity index (χ1v) is 6.58. The Morgan fingerprint density at radius 3 is 2.22 bits per heavy atom. The fourth-order valence-corrected chi connectivity index (χ4v) is 2.97. The van der Waals surface area contributed by atoms with E-state index in [9.17, 15) is 13.6 Å². The van der Waals surface area contributed by atoms with Crippen LogP contribution in [0.5, 0.6) is 0 Å². The molecule has 1 heterocycles. The molecule has 2 N–H and O–H groups in total. The summed E-state index contributed by atoms with van der Waals surface area (Å²) in [5, 5.41) is 11.1. The molecule has 1 saturated heterocycles. The topological polar surface area (TPSA) is 52.6 Å². The Hall–Kier alpha value is -0.910. The monoisotopic (exact) mass is 262 g/mol. The van der Waals surface area contributed by atoms with Gasteiger partial charge in [0.05, 0.1) is 0 Å². The van der Waals surface area contributed by atoms with Crippen molar-refractivity contribution in [3.63, 3.8) is 0 Å². The molecule has 2 rings (SSSR count). The van der Waals surface area contributed by atoms with E-state index in [0.29, 0.717) is 12.8 Å². The molecule has 0 bridgehead atoms. The minimum absolute atomic E-state index is 0.00896. The molecular weight excluding hydrogens is 242 g/mol. The van der Waals surface area contributed by atoms with Crippen LogP contribution in [0.2, 0.25) is 0 Å². The number of alkyl halides is 2. The highest BCUT2D eigenvalue weighted by atomic mass is 19.3. The second-order valence-corrected chi connectivity index (χ2v) is 5.35. The van der Waals surface area contributed by atoms with Crippen LogP contribution >= 0.6 is 0 Å². The normalized spacial score (nSPS) is 27.0. The Labute approximate surface area is 105 Å². The Morgan fingerprint density at radius 2 is 1.72 bits per heavy atom. The van der Waals surface area contributed by atoms with Crippen LogP contribution in [-0.4, -0.2) is 47.2 Å². The predicted molar refractivity (Wildman–Crippen MR) is 63.0 cm³/mol. The number of amides is 1. The van der Waals surface area contributed by atoms with Crippen molar-refractivity contribution in [2.45, 2.75) is 56.5 Å². The lowest BCUT2D eigenvalue weighted by molar-refractivity contribution is -0.0560. The molecule has 1 aliphatic heterocycles. The highest BCUT2D eigenvalue weighted by Crippen LogP contribution is 2.35. The molecule has 4 nitrogen and oxygen atoms in total. The second-order valence-electron chi connectivity index (χ2n) is 5.35. The maximum absolute atomic E-state index is 13.1. The standard InChI is InChI=1S/C12H20F2N2O2/c13-12(14)5-1-10(2-6-12)16-7-3-9(4-8-16)15-11(17)18/h9-10,15H,1-8H2,(H,17,18). The van der Waals surface area contributed by atoms with Gasteiger partial charge in [-0.25, -0.2) is 13.6 Å². The zero-order valence-corrected chi connectivity index (χ0v) is 10.4. The van der Waals surface area contributed by atoms with Gasteiger partial charge < -0.3 is 15.3 Å². The number of piperidine rings is 1. The van der Waals surface area contributed by atoms with Gasteiger partial charge in [-0.2, -0.15) is 0 Å². The van der Waals surface area contributed by atoms with E-state index in [2.05, 4.69) is 10.2 Å². The van der Waals surface area contributed by atoms with Gasteiger partial charge in [0, 0.05) is 38.0 Å². The third-order valence-corrected chi connectivity index (χ3v) is 4.06. The van der Waals surface area contributed by atoms with E-state index in [-0.39, 0.29) is 24.9 Å². The van der Waals surface area contributed by atoms with Gasteiger partial charge in [-0.15, -0.1) is 0 Å². The molecule has 2 fully saturated rings. The first-order chi connectivity index (χ1) is 8.46. The van der Waals surface area contributed by atoms with E-state index in [0.717, 1.165) is 25.9 Å². The lowest BCUT2D eigenvalue weighted by Gasteiger charge is -2.40. The fourth-order valence-electron chi connectivity index (χ4n) is 2.97. The SMILES string of the molecule is O=C(O)NC1CCN(C2CCC(F)(F)CC2)CC1. The summed E-state index contributed by atoms with van der Waals surface area (Å²) in [4.78, 5) is 12.8. The summed E-state index contributed by atoms with van der Waals surface area (Å²) in [5.41, 5.74) is 0. The summed E-state index contributed by atoms with van der Waals surface area (Å²) in [7, 11) is 0. The molecule has 0 aromatic carbocycles. The summed E-state index contributed by atoms with van der Waals surface area (Å²) in [5.74, 6) is -2.47. The van der Waals surface area contributed by atoms with Gasteiger partial charge in [-0.1, -0.05) is 0 Å². The minimum atomic E-state index is -2.47. The number of nitrogens with one attached hydrogen (secondary N) is 1. The molecule has 1 amide bonds. The number of likely N-dealkylation sites (tertiary alicyclic amines) is 1. The Morgan fingerprint density at radius 1 is 1.17 bits per heavy atom. The number of hydrogen-bond donors (Lipinski definition) is 2. The number of rotatable bonds is 2. The van der Waals surface area contributed by atoms with Crippen molar-refractivity contribution in [3.05, 3.63) is 0 Å². The van der Waals surface area contributed by atoms with E-state index < -0.39 is 12.0 Å². The van der Waals surface area contributed by atoms with Crippen LogP contribution in [-0.2, 0) is 0 Å². The maximum Gasteiger partial charge on any atom is 0.404 e. The predicted octanol–water partition coefficient (Wildman–Crippen LogP) is 2.30. The van der Waals surface area contributed by atoms with Crippen molar-refractivity contribution >= 4 is 6.09 Å². The fraction of sp³-hybridized carbons (Fsp3) is 0.917. The van der Waals surface area contributed by atoms with E-state index in [1.807, 2.05) is 0 Å². The van der Waals surface area contributed by atoms with E-state index >= 15 is 0 Å². The Bertz CT molecular complexity index is 294. The highest BCUT2D eigenvalue weighted by molar-refractivity contribution is 5.64. The molecule has 18 heavy (non-hydrogen) atoms. The highest BCUT2D eigenvalue weighted by Gasteiger charge is 2.37. The molecule has 0 aromatic heterocycles. The molecule has 0 spiro atoms. The van der Waals surface area contributed by atoms with Gasteiger partial charge in [0.1, 0.15) is 0 Å². The van der Waals surface area contributed by atoms with Gasteiger partial charge in [0.2, 0.25) is 5.92 Å². The smallest absolute Gasteiger partial charge is 0.404 e. The third-order valence-electron chi connectivity index (χ3n) is 4.06. The first-order valence-electron chi connectivity index (χ1n) is 6.58. The Kier molecular flexibility index (Phi) is 4.04. The summed E-state index contributed by atoms with van der Waals surface area (Å²) in [6, 6.07) is 0.277. The lowest BCUT2D eigenvalue weighted by Crippen LogP contribution is -2.49. The van der Waals surface area contributed by atoms with Crippen LogP contribution in [0.1, 0.15) is 38.5 Å². The number of halogens is 2. The van der Waals surface area contributed by atoms with Crippen LogP contribution in [0.3, 0.4) is 0 Å². The zero-order valence-electron chi connectivity index (χ0n) is 10.4. The quantitative estimate of drug-likeness (QED) is 0.803. The van der Waals surface area contributed by atoms with Crippen molar-refractivity contribution < 1.29 is 18.7 Å². The van der Waals surface area contributed by atoms with Crippen molar-refractivity contribution in [1.82, 2.24) is 10.2 Å². The van der Waals surface area contributed by atoms with Gasteiger partial charge in [0.15, 0.2) is 0 Å². The van der Waals surface area contributed by atoms with Crippen LogP contribution in [0.25, 0.3) is 0 Å². The van der Waals surface area contributed by atoms with Gasteiger partial charge in [-0.3, -0.25) is 0 Å². The van der Waals surface area contributed by atoms with Crippen LogP contribution < -0.4 is 5.32 Å². The van der Waals surface area contributed by atoms with Crippen molar-refractivity contribution in [2.24, 2.45) is 0 Å². The maximum atomic E-state index is 13.1. The van der Waals surface area contributed by atoms with E-state index in [4.69, 9.17) is 5.11 Å². The molecule has 0 unspecified atom stereocenters. The molecule has 0 atom stereocenters. The van der Waals surface area contributed by atoms with Gasteiger partial charge >= 0.3 is 6.09 Å². The third kappa shape index (κ3) is 3.54. The van der Waals surface area contributed by atoms with Crippen molar-refractivity contribution in [3.8, 4) is 0 Å². The minimum Gasteiger partial charge on any atom is -0.465 e. The average Bonchev–Trinajstić information content (AvgIpc) is 2.30. The second kappa shape index (κ2) is 5.38. The zero-order chi connectivity index (χ0) is 13.2. The molecule has 6 heteroatoms. The largest absolute Gasteiger partial charge is 0.465 e. The van der Waals surface area contributed by atoms with Crippen LogP contribution in [0.15, 0.2) is 0 Å². The number of carbonyl (C=O) groups is 1. The van der Waals surface area contributed by atoms with Gasteiger partial charge in [-0.05, 0) is 25.7 Å². The summed E-state index contributed by atoms with van der Waals surface area (Å²) < 4.78 is 26.1. The first kappa shape index (κ1) is 13.5. The number of nitrogens with zero attached hydrogens (tertiary/aromatic N) is 1. The Balaban J connectivity index is 1.75. The molecule has 0 radical (unpaired) electrons. The van der Waals surface area contributed by atoms with E-state index in [1.165, 1.54) is 0 Å². The van der Waals surface area contributed by atoms with Crippen LogP contribution in [0, 0.1) is 0 Å².